The highest BCUT2D eigenvalue weighted by Gasteiger charge is 2.32. The topological polar surface area (TPSA) is 66.7 Å². The molecule has 2 amide bonds. The SMILES string of the molecule is CC(=O)N1C[C@H](C)CN(C(=O)c2oc(C)nc2C)c2ccccc21. The Morgan fingerprint density at radius 3 is 2.25 bits per heavy atom. The molecule has 0 bridgehead atoms. The Morgan fingerprint density at radius 1 is 1.12 bits per heavy atom. The molecule has 0 radical (unpaired) electrons. The lowest BCUT2D eigenvalue weighted by molar-refractivity contribution is -0.116. The minimum Gasteiger partial charge on any atom is -0.436 e. The summed E-state index contributed by atoms with van der Waals surface area (Å²) < 4.78 is 5.51. The second-order valence-corrected chi connectivity index (χ2v) is 6.29. The van der Waals surface area contributed by atoms with Crippen molar-refractivity contribution in [1.29, 1.82) is 0 Å². The maximum atomic E-state index is 13.1. The zero-order chi connectivity index (χ0) is 17.4. The number of oxazole rings is 1. The first-order valence-corrected chi connectivity index (χ1v) is 8.01. The number of benzene rings is 1. The Morgan fingerprint density at radius 2 is 1.71 bits per heavy atom. The number of hydrogen-bond acceptors (Lipinski definition) is 4. The largest absolute Gasteiger partial charge is 0.436 e. The molecule has 1 aromatic carbocycles. The Bertz CT molecular complexity index is 797. The molecule has 24 heavy (non-hydrogen) atoms. The van der Waals surface area contributed by atoms with Crippen molar-refractivity contribution in [3.8, 4) is 0 Å². The molecule has 0 saturated heterocycles. The van der Waals surface area contributed by atoms with Gasteiger partial charge in [-0.1, -0.05) is 19.1 Å². The second kappa shape index (κ2) is 6.11. The fourth-order valence-electron chi connectivity index (χ4n) is 3.14. The smallest absolute Gasteiger partial charge is 0.296 e. The highest BCUT2D eigenvalue weighted by molar-refractivity contribution is 6.08. The molecular formula is C18H21N3O3. The Labute approximate surface area is 141 Å². The van der Waals surface area contributed by atoms with Crippen molar-refractivity contribution in [1.82, 2.24) is 4.98 Å². The summed E-state index contributed by atoms with van der Waals surface area (Å²) in [6.45, 7) is 8.15. The summed E-state index contributed by atoms with van der Waals surface area (Å²) in [5.74, 6) is 0.603. The third-order valence-electron chi connectivity index (χ3n) is 4.17. The minimum atomic E-state index is -0.224. The zero-order valence-corrected chi connectivity index (χ0v) is 14.4. The number of aryl methyl sites for hydroxylation is 2. The minimum absolute atomic E-state index is 0.0321. The van der Waals surface area contributed by atoms with Gasteiger partial charge in [0.1, 0.15) is 0 Å². The van der Waals surface area contributed by atoms with E-state index in [1.165, 1.54) is 0 Å². The van der Waals surface area contributed by atoms with Crippen molar-refractivity contribution in [2.75, 3.05) is 22.9 Å². The van der Waals surface area contributed by atoms with Gasteiger partial charge in [0, 0.05) is 26.9 Å². The van der Waals surface area contributed by atoms with Crippen LogP contribution in [0.5, 0.6) is 0 Å². The molecule has 0 fully saturated rings. The van der Waals surface area contributed by atoms with Crippen molar-refractivity contribution in [3.63, 3.8) is 0 Å². The van der Waals surface area contributed by atoms with Crippen molar-refractivity contribution in [2.45, 2.75) is 27.7 Å². The first-order valence-electron chi connectivity index (χ1n) is 8.01. The predicted octanol–water partition coefficient (Wildman–Crippen LogP) is 2.94. The average molecular weight is 327 g/mol. The summed E-state index contributed by atoms with van der Waals surface area (Å²) in [6.07, 6.45) is 0. The molecule has 3 rings (SSSR count). The number of fused-ring (bicyclic) bond motifs is 1. The lowest BCUT2D eigenvalue weighted by atomic mass is 10.1. The van der Waals surface area contributed by atoms with Gasteiger partial charge in [0.05, 0.1) is 17.1 Å². The molecule has 0 spiro atoms. The molecular weight excluding hydrogens is 306 g/mol. The van der Waals surface area contributed by atoms with E-state index in [9.17, 15) is 9.59 Å². The lowest BCUT2D eigenvalue weighted by Gasteiger charge is -2.24. The number of aromatic nitrogens is 1. The number of anilines is 2. The van der Waals surface area contributed by atoms with E-state index in [-0.39, 0.29) is 23.5 Å². The van der Waals surface area contributed by atoms with E-state index in [1.807, 2.05) is 31.2 Å². The van der Waals surface area contributed by atoms with Crippen LogP contribution in [-0.2, 0) is 4.79 Å². The number of hydrogen-bond donors (Lipinski definition) is 0. The molecule has 0 aliphatic carbocycles. The molecule has 2 heterocycles. The molecule has 0 N–H and O–H groups in total. The molecule has 126 valence electrons. The molecule has 1 aromatic heterocycles. The standard InChI is InChI=1S/C18H21N3O3/c1-11-9-20(14(4)22)15-7-5-6-8-16(15)21(10-11)18(23)17-12(2)19-13(3)24-17/h5-8,11H,9-10H2,1-4H3/t11-/m0/s1. The van der Waals surface area contributed by atoms with Crippen molar-refractivity contribution in [2.24, 2.45) is 5.92 Å². The van der Waals surface area contributed by atoms with E-state index in [4.69, 9.17) is 4.42 Å². The maximum Gasteiger partial charge on any atom is 0.296 e. The van der Waals surface area contributed by atoms with Gasteiger partial charge in [-0.25, -0.2) is 4.98 Å². The van der Waals surface area contributed by atoms with Crippen LogP contribution in [0.25, 0.3) is 0 Å². The zero-order valence-electron chi connectivity index (χ0n) is 14.4. The number of carbonyl (C=O) groups excluding carboxylic acids is 2. The van der Waals surface area contributed by atoms with Gasteiger partial charge >= 0.3 is 0 Å². The summed E-state index contributed by atoms with van der Waals surface area (Å²) in [6, 6.07) is 7.47. The van der Waals surface area contributed by atoms with Gasteiger partial charge in [-0.3, -0.25) is 9.59 Å². The van der Waals surface area contributed by atoms with Gasteiger partial charge in [0.15, 0.2) is 5.89 Å². The highest BCUT2D eigenvalue weighted by Crippen LogP contribution is 2.34. The Hall–Kier alpha value is -2.63. The molecule has 2 aromatic rings. The van der Waals surface area contributed by atoms with Crippen LogP contribution in [0, 0.1) is 19.8 Å². The Kier molecular flexibility index (Phi) is 4.13. The van der Waals surface area contributed by atoms with Crippen LogP contribution in [0.2, 0.25) is 0 Å². The van der Waals surface area contributed by atoms with Crippen molar-refractivity contribution >= 4 is 23.2 Å². The first kappa shape index (κ1) is 16.2. The predicted molar refractivity (Wildman–Crippen MR) is 91.3 cm³/mol. The van der Waals surface area contributed by atoms with E-state index in [0.717, 1.165) is 11.4 Å². The van der Waals surface area contributed by atoms with Crippen molar-refractivity contribution < 1.29 is 14.0 Å². The van der Waals surface area contributed by atoms with Gasteiger partial charge in [-0.05, 0) is 25.0 Å². The van der Waals surface area contributed by atoms with Gasteiger partial charge in [0.2, 0.25) is 11.7 Å². The maximum absolute atomic E-state index is 13.1. The van der Waals surface area contributed by atoms with Crippen LogP contribution in [0.4, 0.5) is 11.4 Å². The summed E-state index contributed by atoms with van der Waals surface area (Å²) in [5.41, 5.74) is 2.04. The van der Waals surface area contributed by atoms with Crippen LogP contribution in [0.1, 0.15) is 36.0 Å². The third kappa shape index (κ3) is 2.79. The summed E-state index contributed by atoms with van der Waals surface area (Å²) in [7, 11) is 0. The van der Waals surface area contributed by atoms with E-state index < -0.39 is 0 Å². The molecule has 1 aliphatic heterocycles. The molecule has 1 aliphatic rings. The van der Waals surface area contributed by atoms with Crippen LogP contribution >= 0.6 is 0 Å². The fourth-order valence-corrected chi connectivity index (χ4v) is 3.14. The van der Waals surface area contributed by atoms with E-state index in [2.05, 4.69) is 4.98 Å². The first-order chi connectivity index (χ1) is 11.4. The summed E-state index contributed by atoms with van der Waals surface area (Å²) in [5, 5.41) is 0. The normalized spacial score (nSPS) is 17.4. The van der Waals surface area contributed by atoms with Crippen LogP contribution in [-0.4, -0.2) is 29.9 Å². The van der Waals surface area contributed by atoms with Crippen LogP contribution < -0.4 is 9.80 Å². The van der Waals surface area contributed by atoms with Crippen LogP contribution in [0.15, 0.2) is 28.7 Å². The lowest BCUT2D eigenvalue weighted by Crippen LogP contribution is -2.36. The molecule has 1 atom stereocenters. The third-order valence-corrected chi connectivity index (χ3v) is 4.17. The summed E-state index contributed by atoms with van der Waals surface area (Å²) >= 11 is 0. The number of rotatable bonds is 1. The number of para-hydroxylation sites is 2. The monoisotopic (exact) mass is 327 g/mol. The van der Waals surface area contributed by atoms with Gasteiger partial charge in [-0.2, -0.15) is 0 Å². The van der Waals surface area contributed by atoms with Gasteiger partial charge < -0.3 is 14.2 Å². The number of amides is 2. The number of nitrogens with zero attached hydrogens (tertiary/aromatic N) is 3. The highest BCUT2D eigenvalue weighted by atomic mass is 16.4. The summed E-state index contributed by atoms with van der Waals surface area (Å²) in [4.78, 5) is 32.7. The Balaban J connectivity index is 2.09. The average Bonchev–Trinajstić information content (AvgIpc) is 2.79. The van der Waals surface area contributed by atoms with Gasteiger partial charge in [-0.15, -0.1) is 0 Å². The van der Waals surface area contributed by atoms with E-state index in [0.29, 0.717) is 24.7 Å². The van der Waals surface area contributed by atoms with Crippen LogP contribution in [0.3, 0.4) is 0 Å². The molecule has 6 nitrogen and oxygen atoms in total. The molecule has 0 unspecified atom stereocenters. The fraction of sp³-hybridized carbons (Fsp3) is 0.389. The van der Waals surface area contributed by atoms with Gasteiger partial charge in [0.25, 0.3) is 5.91 Å². The van der Waals surface area contributed by atoms with Crippen molar-refractivity contribution in [3.05, 3.63) is 41.6 Å². The van der Waals surface area contributed by atoms with E-state index >= 15 is 0 Å². The quantitative estimate of drug-likeness (QED) is 0.807. The van der Waals surface area contributed by atoms with E-state index in [1.54, 1.807) is 30.6 Å². The molecule has 0 saturated carbocycles. The molecule has 6 heteroatoms. The number of carbonyl (C=O) groups is 2. The second-order valence-electron chi connectivity index (χ2n) is 6.29.